The average molecular weight is 408 g/mol. The SMILES string of the molecule is Cc1cc(C)n(-c2cc(OCC3CCN(C(=O)C4C=CC(=O)N=C4)CC3)ncn2)n1. The normalized spacial score (nSPS) is 19.3. The monoisotopic (exact) mass is 408 g/mol. The molecule has 9 heteroatoms. The molecule has 1 fully saturated rings. The molecule has 1 unspecified atom stereocenters. The molecule has 0 N–H and O–H groups in total. The standard InChI is InChI=1S/C21H24N6O3/c1-14-9-15(2)27(25-14)18-10-20(24-13-23-18)30-12-16-5-7-26(8-6-16)21(29)17-3-4-19(28)22-11-17/h3-4,9-11,13,16-17H,5-8,12H2,1-2H3. The summed E-state index contributed by atoms with van der Waals surface area (Å²) in [6.45, 7) is 5.79. The Hall–Kier alpha value is -3.36. The summed E-state index contributed by atoms with van der Waals surface area (Å²) in [4.78, 5) is 37.7. The maximum absolute atomic E-state index is 12.6. The minimum atomic E-state index is -0.440. The molecule has 156 valence electrons. The molecule has 0 aliphatic carbocycles. The molecule has 2 aliphatic heterocycles. The number of ether oxygens (including phenoxy) is 1. The van der Waals surface area contributed by atoms with Crippen LogP contribution < -0.4 is 4.74 Å². The largest absolute Gasteiger partial charge is 0.477 e. The summed E-state index contributed by atoms with van der Waals surface area (Å²) in [7, 11) is 0. The minimum absolute atomic E-state index is 0.00723. The zero-order valence-corrected chi connectivity index (χ0v) is 17.1. The molecule has 0 radical (unpaired) electrons. The van der Waals surface area contributed by atoms with E-state index in [9.17, 15) is 9.59 Å². The van der Waals surface area contributed by atoms with Crippen molar-refractivity contribution in [3.05, 3.63) is 42.0 Å². The first-order valence-corrected chi connectivity index (χ1v) is 10.0. The van der Waals surface area contributed by atoms with Gasteiger partial charge < -0.3 is 9.64 Å². The van der Waals surface area contributed by atoms with Crippen LogP contribution in [0.1, 0.15) is 24.2 Å². The van der Waals surface area contributed by atoms with Gasteiger partial charge in [-0.15, -0.1) is 0 Å². The molecule has 0 spiro atoms. The van der Waals surface area contributed by atoms with Gasteiger partial charge in [-0.1, -0.05) is 6.08 Å². The van der Waals surface area contributed by atoms with Crippen LogP contribution in [0.15, 0.2) is 35.6 Å². The fourth-order valence-electron chi connectivity index (χ4n) is 3.70. The van der Waals surface area contributed by atoms with Gasteiger partial charge in [-0.25, -0.2) is 19.6 Å². The second kappa shape index (κ2) is 8.56. The van der Waals surface area contributed by atoms with E-state index in [-0.39, 0.29) is 11.8 Å². The Bertz CT molecular complexity index is 988. The van der Waals surface area contributed by atoms with E-state index in [1.54, 1.807) is 16.8 Å². The van der Waals surface area contributed by atoms with E-state index in [0.717, 1.165) is 24.2 Å². The lowest BCUT2D eigenvalue weighted by Gasteiger charge is -2.33. The Kier molecular flexibility index (Phi) is 5.69. The van der Waals surface area contributed by atoms with Crippen molar-refractivity contribution < 1.29 is 14.3 Å². The molecule has 2 aromatic rings. The highest BCUT2D eigenvalue weighted by Gasteiger charge is 2.27. The van der Waals surface area contributed by atoms with Gasteiger partial charge in [0.25, 0.3) is 5.91 Å². The number of hydrogen-bond acceptors (Lipinski definition) is 6. The summed E-state index contributed by atoms with van der Waals surface area (Å²) in [6, 6.07) is 3.78. The smallest absolute Gasteiger partial charge is 0.269 e. The van der Waals surface area contributed by atoms with E-state index < -0.39 is 5.92 Å². The number of carbonyl (C=O) groups is 2. The molecule has 9 nitrogen and oxygen atoms in total. The summed E-state index contributed by atoms with van der Waals surface area (Å²) in [5.41, 5.74) is 1.92. The fourth-order valence-corrected chi connectivity index (χ4v) is 3.70. The zero-order chi connectivity index (χ0) is 21.1. The Morgan fingerprint density at radius 3 is 2.67 bits per heavy atom. The van der Waals surface area contributed by atoms with E-state index in [2.05, 4.69) is 20.1 Å². The van der Waals surface area contributed by atoms with E-state index >= 15 is 0 Å². The van der Waals surface area contributed by atoms with Crippen LogP contribution in [-0.2, 0) is 9.59 Å². The molecule has 0 bridgehead atoms. The van der Waals surface area contributed by atoms with Crippen molar-refractivity contribution in [1.29, 1.82) is 0 Å². The van der Waals surface area contributed by atoms with Crippen LogP contribution >= 0.6 is 0 Å². The molecular weight excluding hydrogens is 384 g/mol. The maximum Gasteiger partial charge on any atom is 0.269 e. The molecule has 2 amide bonds. The highest BCUT2D eigenvalue weighted by atomic mass is 16.5. The first kappa shape index (κ1) is 19.9. The predicted molar refractivity (Wildman–Crippen MR) is 110 cm³/mol. The Morgan fingerprint density at radius 1 is 1.20 bits per heavy atom. The number of amides is 2. The number of rotatable bonds is 5. The number of piperidine rings is 1. The fraction of sp³-hybridized carbons (Fsp3) is 0.429. The lowest BCUT2D eigenvalue weighted by atomic mass is 9.96. The zero-order valence-electron chi connectivity index (χ0n) is 17.1. The van der Waals surface area contributed by atoms with Gasteiger partial charge in [0.1, 0.15) is 6.33 Å². The number of aromatic nitrogens is 4. The number of dihydropyridines is 1. The molecule has 0 aromatic carbocycles. The first-order valence-electron chi connectivity index (χ1n) is 10.0. The average Bonchev–Trinajstić information content (AvgIpc) is 3.11. The van der Waals surface area contributed by atoms with Crippen molar-refractivity contribution in [1.82, 2.24) is 24.6 Å². The van der Waals surface area contributed by atoms with Crippen molar-refractivity contribution in [3.8, 4) is 11.7 Å². The molecule has 0 saturated carbocycles. The maximum atomic E-state index is 12.6. The van der Waals surface area contributed by atoms with Crippen LogP contribution in [0.5, 0.6) is 5.88 Å². The third-order valence-electron chi connectivity index (χ3n) is 5.34. The van der Waals surface area contributed by atoms with Gasteiger partial charge in [0.05, 0.1) is 18.2 Å². The molecular formula is C21H24N6O3. The van der Waals surface area contributed by atoms with Gasteiger partial charge >= 0.3 is 0 Å². The van der Waals surface area contributed by atoms with Crippen LogP contribution in [0.2, 0.25) is 0 Å². The van der Waals surface area contributed by atoms with Crippen LogP contribution in [0, 0.1) is 25.7 Å². The first-order chi connectivity index (χ1) is 14.5. The molecule has 1 saturated heterocycles. The van der Waals surface area contributed by atoms with Crippen molar-refractivity contribution in [2.24, 2.45) is 16.8 Å². The van der Waals surface area contributed by atoms with Gasteiger partial charge in [-0.3, -0.25) is 9.59 Å². The quantitative estimate of drug-likeness (QED) is 0.746. The Balaban J connectivity index is 1.29. The van der Waals surface area contributed by atoms with Gasteiger partial charge in [0.2, 0.25) is 11.8 Å². The number of likely N-dealkylation sites (tertiary alicyclic amines) is 1. The third-order valence-corrected chi connectivity index (χ3v) is 5.34. The Morgan fingerprint density at radius 2 is 2.00 bits per heavy atom. The summed E-state index contributed by atoms with van der Waals surface area (Å²) in [5, 5.41) is 4.44. The molecule has 4 heterocycles. The highest BCUT2D eigenvalue weighted by molar-refractivity contribution is 6.05. The number of hydrogen-bond donors (Lipinski definition) is 0. The van der Waals surface area contributed by atoms with Crippen molar-refractivity contribution in [2.45, 2.75) is 26.7 Å². The second-order valence-electron chi connectivity index (χ2n) is 7.63. The van der Waals surface area contributed by atoms with Crippen molar-refractivity contribution >= 4 is 18.0 Å². The van der Waals surface area contributed by atoms with Gasteiger partial charge in [-0.05, 0) is 38.7 Å². The van der Waals surface area contributed by atoms with Gasteiger partial charge in [0.15, 0.2) is 5.82 Å². The number of nitrogens with zero attached hydrogens (tertiary/aromatic N) is 6. The van der Waals surface area contributed by atoms with E-state index in [1.165, 1.54) is 18.6 Å². The Labute approximate surface area is 174 Å². The molecule has 1 atom stereocenters. The lowest BCUT2D eigenvalue weighted by molar-refractivity contribution is -0.133. The topological polar surface area (TPSA) is 103 Å². The summed E-state index contributed by atoms with van der Waals surface area (Å²) >= 11 is 0. The minimum Gasteiger partial charge on any atom is -0.477 e. The summed E-state index contributed by atoms with van der Waals surface area (Å²) in [5.74, 6) is 0.765. The molecule has 30 heavy (non-hydrogen) atoms. The van der Waals surface area contributed by atoms with Crippen LogP contribution in [0.4, 0.5) is 0 Å². The predicted octanol–water partition coefficient (Wildman–Crippen LogP) is 1.68. The number of aliphatic imine (C=N–C) groups is 1. The van der Waals surface area contributed by atoms with Crippen LogP contribution in [0.3, 0.4) is 0 Å². The van der Waals surface area contributed by atoms with Crippen LogP contribution in [-0.4, -0.2) is 62.4 Å². The van der Waals surface area contributed by atoms with Crippen LogP contribution in [0.25, 0.3) is 5.82 Å². The summed E-state index contributed by atoms with van der Waals surface area (Å²) < 4.78 is 7.68. The molecule has 2 aromatic heterocycles. The van der Waals surface area contributed by atoms with Crippen molar-refractivity contribution in [3.63, 3.8) is 0 Å². The van der Waals surface area contributed by atoms with Crippen molar-refractivity contribution in [2.75, 3.05) is 19.7 Å². The number of aryl methyl sites for hydroxylation is 2. The third kappa shape index (κ3) is 4.45. The lowest BCUT2D eigenvalue weighted by Crippen LogP contribution is -2.43. The molecule has 2 aliphatic rings. The van der Waals surface area contributed by atoms with Gasteiger partial charge in [0, 0.05) is 37.1 Å². The second-order valence-corrected chi connectivity index (χ2v) is 7.63. The summed E-state index contributed by atoms with van der Waals surface area (Å²) in [6.07, 6.45) is 7.58. The van der Waals surface area contributed by atoms with E-state index in [4.69, 9.17) is 4.74 Å². The highest BCUT2D eigenvalue weighted by Crippen LogP contribution is 2.21. The van der Waals surface area contributed by atoms with E-state index in [0.29, 0.717) is 37.3 Å². The number of carbonyl (C=O) groups excluding carboxylic acids is 2. The van der Waals surface area contributed by atoms with E-state index in [1.807, 2.05) is 24.8 Å². The van der Waals surface area contributed by atoms with Gasteiger partial charge in [-0.2, -0.15) is 5.10 Å². The molecule has 4 rings (SSSR count).